The monoisotopic (exact) mass is 307 g/mol. The molecule has 1 amide bonds. The number of rotatable bonds is 5. The van der Waals surface area contributed by atoms with E-state index < -0.39 is 5.82 Å². The van der Waals surface area contributed by atoms with Crippen LogP contribution in [0.5, 0.6) is 5.75 Å². The fourth-order valence-corrected chi connectivity index (χ4v) is 3.32. The molecule has 0 saturated heterocycles. The van der Waals surface area contributed by atoms with Gasteiger partial charge < -0.3 is 10.1 Å². The van der Waals surface area contributed by atoms with Gasteiger partial charge in [-0.1, -0.05) is 39.3 Å². The van der Waals surface area contributed by atoms with Crippen LogP contribution in [0.25, 0.3) is 0 Å². The van der Waals surface area contributed by atoms with E-state index in [0.29, 0.717) is 17.8 Å². The molecule has 3 nitrogen and oxygen atoms in total. The summed E-state index contributed by atoms with van der Waals surface area (Å²) in [6, 6.07) is 6.33. The van der Waals surface area contributed by atoms with Crippen LogP contribution in [0.1, 0.15) is 40.0 Å². The number of nitrogens with one attached hydrogen (secondary N) is 1. The second-order valence-electron chi connectivity index (χ2n) is 6.72. The Morgan fingerprint density at radius 2 is 2.09 bits per heavy atom. The normalized spacial score (nSPS) is 25.0. The Kier molecular flexibility index (Phi) is 5.81. The fraction of sp³-hybridized carbons (Fsp3) is 0.611. The van der Waals surface area contributed by atoms with Gasteiger partial charge in [0.05, 0.1) is 0 Å². The molecule has 22 heavy (non-hydrogen) atoms. The first-order valence-corrected chi connectivity index (χ1v) is 8.14. The molecule has 0 unspecified atom stereocenters. The Morgan fingerprint density at radius 3 is 2.77 bits per heavy atom. The van der Waals surface area contributed by atoms with Gasteiger partial charge in [-0.3, -0.25) is 4.79 Å². The third-order valence-electron chi connectivity index (χ3n) is 4.56. The van der Waals surface area contributed by atoms with Crippen LogP contribution in [0.2, 0.25) is 0 Å². The summed E-state index contributed by atoms with van der Waals surface area (Å²) in [5, 5.41) is 3.08. The largest absolute Gasteiger partial charge is 0.481 e. The van der Waals surface area contributed by atoms with E-state index in [0.717, 1.165) is 12.8 Å². The van der Waals surface area contributed by atoms with Gasteiger partial charge in [0.1, 0.15) is 0 Å². The molecule has 122 valence electrons. The fourth-order valence-electron chi connectivity index (χ4n) is 3.32. The molecular weight excluding hydrogens is 281 g/mol. The van der Waals surface area contributed by atoms with E-state index in [-0.39, 0.29) is 24.3 Å². The van der Waals surface area contributed by atoms with Crippen molar-refractivity contribution in [3.63, 3.8) is 0 Å². The molecule has 0 heterocycles. The lowest BCUT2D eigenvalue weighted by atomic mass is 9.74. The molecule has 1 saturated carbocycles. The van der Waals surface area contributed by atoms with E-state index in [1.54, 1.807) is 12.1 Å². The lowest BCUT2D eigenvalue weighted by Crippen LogP contribution is -2.47. The molecule has 1 fully saturated rings. The minimum atomic E-state index is -0.443. The van der Waals surface area contributed by atoms with Crippen LogP contribution in [0.15, 0.2) is 24.3 Å². The minimum Gasteiger partial charge on any atom is -0.481 e. The first-order valence-electron chi connectivity index (χ1n) is 8.14. The summed E-state index contributed by atoms with van der Waals surface area (Å²) in [5.74, 6) is 1.19. The lowest BCUT2D eigenvalue weighted by molar-refractivity contribution is -0.124. The van der Waals surface area contributed by atoms with Crippen LogP contribution in [-0.4, -0.2) is 18.6 Å². The first-order chi connectivity index (χ1) is 10.5. The topological polar surface area (TPSA) is 38.3 Å². The summed E-state index contributed by atoms with van der Waals surface area (Å²) in [4.78, 5) is 12.1. The van der Waals surface area contributed by atoms with E-state index in [9.17, 15) is 9.18 Å². The number of hydrogen-bond acceptors (Lipinski definition) is 2. The van der Waals surface area contributed by atoms with Crippen LogP contribution in [0, 0.1) is 23.6 Å². The third-order valence-corrected chi connectivity index (χ3v) is 4.56. The smallest absolute Gasteiger partial charge is 0.258 e. The van der Waals surface area contributed by atoms with E-state index >= 15 is 0 Å². The Morgan fingerprint density at radius 1 is 1.36 bits per heavy atom. The summed E-state index contributed by atoms with van der Waals surface area (Å²) in [6.45, 7) is 6.49. The van der Waals surface area contributed by atoms with Gasteiger partial charge in [0.2, 0.25) is 0 Å². The van der Waals surface area contributed by atoms with E-state index in [4.69, 9.17) is 4.74 Å². The Balaban J connectivity index is 1.88. The number of carbonyl (C=O) groups is 1. The van der Waals surface area contributed by atoms with E-state index in [1.807, 2.05) is 0 Å². The van der Waals surface area contributed by atoms with Crippen molar-refractivity contribution in [3.8, 4) is 5.75 Å². The standard InChI is InChI=1S/C18H26FNO2/c1-12(2)14-9-8-13(3)10-16(14)20-18(21)11-22-17-7-5-4-6-15(17)19/h4-7,12-14,16H,8-11H2,1-3H3,(H,20,21)/t13-,14-,16+/m1/s1. The van der Waals surface area contributed by atoms with Crippen molar-refractivity contribution in [2.45, 2.75) is 46.1 Å². The van der Waals surface area contributed by atoms with Crippen LogP contribution >= 0.6 is 0 Å². The van der Waals surface area contributed by atoms with Crippen molar-refractivity contribution < 1.29 is 13.9 Å². The van der Waals surface area contributed by atoms with Crippen molar-refractivity contribution in [2.75, 3.05) is 6.61 Å². The van der Waals surface area contributed by atoms with Crippen molar-refractivity contribution in [3.05, 3.63) is 30.1 Å². The Hall–Kier alpha value is -1.58. The highest BCUT2D eigenvalue weighted by Crippen LogP contribution is 2.33. The van der Waals surface area contributed by atoms with Gasteiger partial charge >= 0.3 is 0 Å². The molecule has 1 aromatic rings. The molecule has 1 aliphatic rings. The number of amides is 1. The molecule has 1 aliphatic carbocycles. The summed E-state index contributed by atoms with van der Waals surface area (Å²) in [6.07, 6.45) is 3.38. The van der Waals surface area contributed by atoms with Gasteiger partial charge in [-0.05, 0) is 42.7 Å². The Bertz CT molecular complexity index is 504. The number of carbonyl (C=O) groups excluding carboxylic acids is 1. The van der Waals surface area contributed by atoms with E-state index in [1.165, 1.54) is 18.6 Å². The van der Waals surface area contributed by atoms with Gasteiger partial charge in [-0.2, -0.15) is 0 Å². The highest BCUT2D eigenvalue weighted by atomic mass is 19.1. The quantitative estimate of drug-likeness (QED) is 0.899. The first kappa shape index (κ1) is 16.8. The molecule has 1 N–H and O–H groups in total. The minimum absolute atomic E-state index is 0.120. The second-order valence-corrected chi connectivity index (χ2v) is 6.72. The number of benzene rings is 1. The predicted octanol–water partition coefficient (Wildman–Crippen LogP) is 3.78. The van der Waals surface area contributed by atoms with Crippen molar-refractivity contribution in [2.24, 2.45) is 17.8 Å². The van der Waals surface area contributed by atoms with Crippen molar-refractivity contribution in [1.82, 2.24) is 5.32 Å². The van der Waals surface area contributed by atoms with Crippen LogP contribution in [-0.2, 0) is 4.79 Å². The molecule has 2 rings (SSSR count). The highest BCUT2D eigenvalue weighted by molar-refractivity contribution is 5.77. The van der Waals surface area contributed by atoms with Crippen LogP contribution in [0.4, 0.5) is 4.39 Å². The van der Waals surface area contributed by atoms with Gasteiger partial charge in [0.15, 0.2) is 18.2 Å². The van der Waals surface area contributed by atoms with Gasteiger partial charge in [0.25, 0.3) is 5.91 Å². The summed E-state index contributed by atoms with van der Waals surface area (Å²) < 4.78 is 18.7. The van der Waals surface area contributed by atoms with Gasteiger partial charge in [-0.25, -0.2) is 4.39 Å². The maximum absolute atomic E-state index is 13.5. The van der Waals surface area contributed by atoms with Crippen LogP contribution < -0.4 is 10.1 Å². The van der Waals surface area contributed by atoms with Gasteiger partial charge in [-0.15, -0.1) is 0 Å². The summed E-state index contributed by atoms with van der Waals surface area (Å²) in [7, 11) is 0. The van der Waals surface area contributed by atoms with Crippen molar-refractivity contribution >= 4 is 5.91 Å². The van der Waals surface area contributed by atoms with Crippen LogP contribution in [0.3, 0.4) is 0 Å². The van der Waals surface area contributed by atoms with Gasteiger partial charge in [0, 0.05) is 6.04 Å². The zero-order valence-electron chi connectivity index (χ0n) is 13.6. The zero-order valence-corrected chi connectivity index (χ0v) is 13.6. The number of ether oxygens (including phenoxy) is 1. The number of hydrogen-bond donors (Lipinski definition) is 1. The summed E-state index contributed by atoms with van der Waals surface area (Å²) in [5.41, 5.74) is 0. The molecule has 4 heteroatoms. The number of para-hydroxylation sites is 1. The maximum atomic E-state index is 13.5. The lowest BCUT2D eigenvalue weighted by Gasteiger charge is -2.37. The second kappa shape index (κ2) is 7.61. The SMILES string of the molecule is CC(C)[C@H]1CC[C@@H](C)C[C@@H]1NC(=O)COc1ccccc1F. The molecule has 0 radical (unpaired) electrons. The average Bonchev–Trinajstić information content (AvgIpc) is 2.46. The molecule has 3 atom stereocenters. The predicted molar refractivity (Wildman–Crippen MR) is 85.2 cm³/mol. The van der Waals surface area contributed by atoms with Crippen molar-refractivity contribution in [1.29, 1.82) is 0 Å². The third kappa shape index (κ3) is 4.46. The molecule has 1 aromatic carbocycles. The maximum Gasteiger partial charge on any atom is 0.258 e. The Labute approximate surface area is 132 Å². The molecule has 0 bridgehead atoms. The molecular formula is C18H26FNO2. The number of halogens is 1. The summed E-state index contributed by atoms with van der Waals surface area (Å²) >= 11 is 0. The molecule has 0 aromatic heterocycles. The van der Waals surface area contributed by atoms with E-state index in [2.05, 4.69) is 26.1 Å². The molecule has 0 spiro atoms. The highest BCUT2D eigenvalue weighted by Gasteiger charge is 2.31. The molecule has 0 aliphatic heterocycles. The zero-order chi connectivity index (χ0) is 16.1. The average molecular weight is 307 g/mol.